The Labute approximate surface area is 98.4 Å². The van der Waals surface area contributed by atoms with E-state index >= 15 is 0 Å². The second kappa shape index (κ2) is 4.42. The van der Waals surface area contributed by atoms with Gasteiger partial charge in [0, 0.05) is 5.56 Å². The van der Waals surface area contributed by atoms with Crippen molar-refractivity contribution in [2.24, 2.45) is 5.73 Å². The lowest BCUT2D eigenvalue weighted by Crippen LogP contribution is -2.13. The third-order valence-corrected chi connectivity index (χ3v) is 2.42. The van der Waals surface area contributed by atoms with Gasteiger partial charge in [-0.1, -0.05) is 0 Å². The van der Waals surface area contributed by atoms with Crippen molar-refractivity contribution in [1.82, 2.24) is 20.2 Å². The van der Waals surface area contributed by atoms with Crippen molar-refractivity contribution in [3.05, 3.63) is 35.7 Å². The van der Waals surface area contributed by atoms with Crippen molar-refractivity contribution < 1.29 is 4.79 Å². The minimum atomic E-state index is -0.252. The van der Waals surface area contributed by atoms with Gasteiger partial charge in [0.1, 0.15) is 0 Å². The zero-order valence-electron chi connectivity index (χ0n) is 9.66. The molecule has 0 aliphatic rings. The molecule has 6 heteroatoms. The SMILES string of the molecule is CC(=O)c1ccc(-n2nnnc2C(C)N)cc1. The number of benzene rings is 1. The van der Waals surface area contributed by atoms with Gasteiger partial charge in [-0.3, -0.25) is 4.79 Å². The van der Waals surface area contributed by atoms with Crippen LogP contribution >= 0.6 is 0 Å². The molecule has 88 valence electrons. The van der Waals surface area contributed by atoms with E-state index in [1.807, 2.05) is 6.92 Å². The quantitative estimate of drug-likeness (QED) is 0.792. The minimum Gasteiger partial charge on any atom is -0.321 e. The molecule has 0 radical (unpaired) electrons. The molecule has 1 aromatic heterocycles. The molecule has 0 saturated heterocycles. The van der Waals surface area contributed by atoms with Crippen LogP contribution in [0, 0.1) is 0 Å². The van der Waals surface area contributed by atoms with Gasteiger partial charge in [0.25, 0.3) is 0 Å². The Hall–Kier alpha value is -2.08. The fraction of sp³-hybridized carbons (Fsp3) is 0.273. The normalized spacial score (nSPS) is 12.4. The van der Waals surface area contributed by atoms with Gasteiger partial charge < -0.3 is 5.73 Å². The maximum Gasteiger partial charge on any atom is 0.173 e. The fourth-order valence-electron chi connectivity index (χ4n) is 1.50. The lowest BCUT2D eigenvalue weighted by atomic mass is 10.1. The zero-order chi connectivity index (χ0) is 12.4. The van der Waals surface area contributed by atoms with E-state index in [9.17, 15) is 4.79 Å². The fourth-order valence-corrected chi connectivity index (χ4v) is 1.50. The number of hydrogen-bond donors (Lipinski definition) is 1. The van der Waals surface area contributed by atoms with Gasteiger partial charge in [0.15, 0.2) is 11.6 Å². The summed E-state index contributed by atoms with van der Waals surface area (Å²) in [5.74, 6) is 0.612. The molecule has 2 N–H and O–H groups in total. The number of carbonyl (C=O) groups is 1. The van der Waals surface area contributed by atoms with Crippen LogP contribution in [0.4, 0.5) is 0 Å². The monoisotopic (exact) mass is 231 g/mol. The van der Waals surface area contributed by atoms with E-state index in [-0.39, 0.29) is 11.8 Å². The third-order valence-electron chi connectivity index (χ3n) is 2.42. The van der Waals surface area contributed by atoms with E-state index in [4.69, 9.17) is 5.73 Å². The smallest absolute Gasteiger partial charge is 0.173 e. The Balaban J connectivity index is 2.40. The predicted octanol–water partition coefficient (Wildman–Crippen LogP) is 0.885. The van der Waals surface area contributed by atoms with Crippen molar-refractivity contribution in [3.63, 3.8) is 0 Å². The molecular formula is C11H13N5O. The highest BCUT2D eigenvalue weighted by atomic mass is 16.1. The van der Waals surface area contributed by atoms with Crippen LogP contribution in [0.2, 0.25) is 0 Å². The summed E-state index contributed by atoms with van der Waals surface area (Å²) in [7, 11) is 0. The molecular weight excluding hydrogens is 218 g/mol. The van der Waals surface area contributed by atoms with E-state index in [1.165, 1.54) is 6.92 Å². The molecule has 1 atom stereocenters. The van der Waals surface area contributed by atoms with Crippen LogP contribution in [0.15, 0.2) is 24.3 Å². The first-order chi connectivity index (χ1) is 8.09. The standard InChI is InChI=1S/C11H13N5O/c1-7(12)11-13-14-15-16(11)10-5-3-9(4-6-10)8(2)17/h3-7H,12H2,1-2H3. The number of nitrogens with zero attached hydrogens (tertiary/aromatic N) is 4. The van der Waals surface area contributed by atoms with Gasteiger partial charge in [-0.15, -0.1) is 5.10 Å². The van der Waals surface area contributed by atoms with Crippen molar-refractivity contribution in [3.8, 4) is 5.69 Å². The topological polar surface area (TPSA) is 86.7 Å². The molecule has 17 heavy (non-hydrogen) atoms. The number of nitrogens with two attached hydrogens (primary N) is 1. The largest absolute Gasteiger partial charge is 0.321 e. The molecule has 0 fully saturated rings. The molecule has 1 heterocycles. The summed E-state index contributed by atoms with van der Waals surface area (Å²) in [6.45, 7) is 3.34. The Morgan fingerprint density at radius 2 is 2.00 bits per heavy atom. The molecule has 2 aromatic rings. The second-order valence-corrected chi connectivity index (χ2v) is 3.84. The third kappa shape index (κ3) is 2.21. The van der Waals surface area contributed by atoms with Crippen LogP contribution in [0.3, 0.4) is 0 Å². The maximum absolute atomic E-state index is 11.2. The Morgan fingerprint density at radius 3 is 2.53 bits per heavy atom. The highest BCUT2D eigenvalue weighted by Crippen LogP contribution is 2.13. The molecule has 1 aromatic carbocycles. The van der Waals surface area contributed by atoms with Crippen molar-refractivity contribution in [2.45, 2.75) is 19.9 Å². The number of carbonyl (C=O) groups excluding carboxylic acids is 1. The van der Waals surface area contributed by atoms with E-state index in [2.05, 4.69) is 15.5 Å². The van der Waals surface area contributed by atoms with Crippen LogP contribution in [-0.4, -0.2) is 26.0 Å². The first-order valence-corrected chi connectivity index (χ1v) is 5.25. The van der Waals surface area contributed by atoms with Crippen LogP contribution in [0.1, 0.15) is 36.1 Å². The minimum absolute atomic E-state index is 0.0284. The van der Waals surface area contributed by atoms with Gasteiger partial charge in [0.2, 0.25) is 0 Å². The summed E-state index contributed by atoms with van der Waals surface area (Å²) < 4.78 is 1.56. The first-order valence-electron chi connectivity index (χ1n) is 5.25. The Bertz CT molecular complexity index is 529. The molecule has 0 bridgehead atoms. The lowest BCUT2D eigenvalue weighted by Gasteiger charge is -2.06. The van der Waals surface area contributed by atoms with Crippen molar-refractivity contribution in [2.75, 3.05) is 0 Å². The molecule has 0 saturated carbocycles. The summed E-state index contributed by atoms with van der Waals surface area (Å²) in [4.78, 5) is 11.2. The van der Waals surface area contributed by atoms with Gasteiger partial charge >= 0.3 is 0 Å². The Kier molecular flexibility index (Phi) is 2.97. The number of rotatable bonds is 3. The van der Waals surface area contributed by atoms with Gasteiger partial charge in [0.05, 0.1) is 11.7 Å². The summed E-state index contributed by atoms with van der Waals surface area (Å²) in [5, 5.41) is 11.3. The highest BCUT2D eigenvalue weighted by molar-refractivity contribution is 5.94. The molecule has 0 aliphatic heterocycles. The average Bonchev–Trinajstić information content (AvgIpc) is 2.78. The zero-order valence-corrected chi connectivity index (χ0v) is 9.66. The summed E-state index contributed by atoms with van der Waals surface area (Å²) >= 11 is 0. The number of hydrogen-bond acceptors (Lipinski definition) is 5. The summed E-state index contributed by atoms with van der Waals surface area (Å²) in [6.07, 6.45) is 0. The molecule has 0 amide bonds. The van der Waals surface area contributed by atoms with E-state index in [1.54, 1.807) is 28.9 Å². The molecule has 0 aliphatic carbocycles. The highest BCUT2D eigenvalue weighted by Gasteiger charge is 2.12. The number of tetrazole rings is 1. The first kappa shape index (κ1) is 11.4. The number of Topliss-reactive ketones (excluding diaryl/α,β-unsaturated/α-hetero) is 1. The van der Waals surface area contributed by atoms with E-state index < -0.39 is 0 Å². The predicted molar refractivity (Wildman–Crippen MR) is 61.8 cm³/mol. The summed E-state index contributed by atoms with van der Waals surface area (Å²) in [5.41, 5.74) is 7.20. The van der Waals surface area contributed by atoms with Crippen LogP contribution in [0.5, 0.6) is 0 Å². The molecule has 2 rings (SSSR count). The Morgan fingerprint density at radius 1 is 1.35 bits per heavy atom. The van der Waals surface area contributed by atoms with Gasteiger partial charge in [-0.25, -0.2) is 0 Å². The molecule has 0 spiro atoms. The van der Waals surface area contributed by atoms with Crippen LogP contribution < -0.4 is 5.73 Å². The average molecular weight is 231 g/mol. The van der Waals surface area contributed by atoms with Crippen LogP contribution in [-0.2, 0) is 0 Å². The molecule has 6 nitrogen and oxygen atoms in total. The van der Waals surface area contributed by atoms with E-state index in [0.29, 0.717) is 11.4 Å². The second-order valence-electron chi connectivity index (χ2n) is 3.84. The van der Waals surface area contributed by atoms with Crippen molar-refractivity contribution in [1.29, 1.82) is 0 Å². The lowest BCUT2D eigenvalue weighted by molar-refractivity contribution is 0.101. The number of aromatic nitrogens is 4. The maximum atomic E-state index is 11.2. The van der Waals surface area contributed by atoms with E-state index in [0.717, 1.165) is 5.69 Å². The van der Waals surface area contributed by atoms with Crippen LogP contribution in [0.25, 0.3) is 5.69 Å². The number of ketones is 1. The van der Waals surface area contributed by atoms with Gasteiger partial charge in [-0.05, 0) is 48.5 Å². The summed E-state index contributed by atoms with van der Waals surface area (Å²) in [6, 6.07) is 6.81. The molecule has 1 unspecified atom stereocenters. The van der Waals surface area contributed by atoms with Crippen molar-refractivity contribution >= 4 is 5.78 Å². The van der Waals surface area contributed by atoms with Gasteiger partial charge in [-0.2, -0.15) is 4.68 Å².